The fraction of sp³-hybridized carbons (Fsp3) is 0.0870. The predicted molar refractivity (Wildman–Crippen MR) is 124 cm³/mol. The first kappa shape index (κ1) is 24.7. The number of hydrogen-bond donors (Lipinski definition) is 0. The van der Waals surface area contributed by atoms with Crippen molar-refractivity contribution in [3.63, 3.8) is 0 Å². The second-order valence-electron chi connectivity index (χ2n) is 7.56. The molecule has 13 heteroatoms. The summed E-state index contributed by atoms with van der Waals surface area (Å²) < 4.78 is 66.8. The fourth-order valence-corrected chi connectivity index (χ4v) is 3.95. The van der Waals surface area contributed by atoms with Crippen molar-refractivity contribution >= 4 is 26.9 Å². The van der Waals surface area contributed by atoms with Gasteiger partial charge in [-0.2, -0.15) is 23.4 Å². The molecule has 3 aromatic carbocycles. The van der Waals surface area contributed by atoms with E-state index in [1.54, 1.807) is 30.3 Å². The monoisotopic (exact) mass is 515 g/mol. The third-order valence-corrected chi connectivity index (χ3v) is 6.14. The van der Waals surface area contributed by atoms with Gasteiger partial charge in [0.25, 0.3) is 5.69 Å². The van der Waals surface area contributed by atoms with Gasteiger partial charge < -0.3 is 0 Å². The maximum atomic E-state index is 14.3. The lowest BCUT2D eigenvalue weighted by atomic mass is 10.1. The number of nitrogens with zero attached hydrogens (tertiary/aromatic N) is 5. The highest BCUT2D eigenvalue weighted by Crippen LogP contribution is 2.44. The summed E-state index contributed by atoms with van der Waals surface area (Å²) in [4.78, 5) is 10.3. The van der Waals surface area contributed by atoms with E-state index >= 15 is 0 Å². The molecule has 0 saturated heterocycles. The molecule has 0 amide bonds. The van der Waals surface area contributed by atoms with Gasteiger partial charge in [-0.05, 0) is 36.4 Å². The lowest BCUT2D eigenvalue weighted by Crippen LogP contribution is -2.13. The average molecular weight is 515 g/mol. The van der Waals surface area contributed by atoms with Gasteiger partial charge in [0.15, 0.2) is 15.5 Å². The number of benzene rings is 3. The van der Waals surface area contributed by atoms with Crippen molar-refractivity contribution in [2.45, 2.75) is 11.1 Å². The zero-order valence-corrected chi connectivity index (χ0v) is 19.2. The van der Waals surface area contributed by atoms with Gasteiger partial charge >= 0.3 is 6.18 Å². The lowest BCUT2D eigenvalue weighted by molar-refractivity contribution is -0.384. The molecule has 0 spiro atoms. The van der Waals surface area contributed by atoms with E-state index in [-0.39, 0.29) is 27.7 Å². The largest absolute Gasteiger partial charge is 0.435 e. The van der Waals surface area contributed by atoms with E-state index < -0.39 is 32.3 Å². The van der Waals surface area contributed by atoms with Gasteiger partial charge in [-0.3, -0.25) is 10.1 Å². The molecule has 0 aliphatic heterocycles. The van der Waals surface area contributed by atoms with Crippen LogP contribution in [-0.2, 0) is 16.0 Å². The number of hydrogen-bond acceptors (Lipinski definition) is 7. The summed E-state index contributed by atoms with van der Waals surface area (Å²) in [5.74, 6) is 0. The van der Waals surface area contributed by atoms with Crippen LogP contribution in [0, 0.1) is 10.1 Å². The Morgan fingerprint density at radius 1 is 0.917 bits per heavy atom. The third kappa shape index (κ3) is 5.15. The number of nitro groups is 1. The van der Waals surface area contributed by atoms with Crippen LogP contribution in [0.5, 0.6) is 0 Å². The van der Waals surface area contributed by atoms with Gasteiger partial charge in [0.05, 0.1) is 21.2 Å². The minimum absolute atomic E-state index is 0.0217. The second kappa shape index (κ2) is 9.34. The Kier molecular flexibility index (Phi) is 6.41. The molecule has 184 valence electrons. The molecule has 4 aromatic rings. The van der Waals surface area contributed by atoms with Crippen LogP contribution in [-0.4, -0.2) is 29.4 Å². The molecule has 0 saturated carbocycles. The van der Waals surface area contributed by atoms with Crippen LogP contribution in [0.2, 0.25) is 0 Å². The number of aromatic nitrogens is 2. The first-order valence-electron chi connectivity index (χ1n) is 10.2. The Balaban J connectivity index is 1.90. The highest BCUT2D eigenvalue weighted by molar-refractivity contribution is 7.90. The first-order valence-corrected chi connectivity index (χ1v) is 12.1. The minimum atomic E-state index is -4.92. The number of rotatable bonds is 6. The smallest absolute Gasteiger partial charge is 0.258 e. The maximum absolute atomic E-state index is 14.3. The number of alkyl halides is 3. The van der Waals surface area contributed by atoms with E-state index in [0.717, 1.165) is 30.5 Å². The molecule has 0 aliphatic rings. The highest BCUT2D eigenvalue weighted by Gasteiger charge is 2.41. The molecule has 36 heavy (non-hydrogen) atoms. The van der Waals surface area contributed by atoms with Crippen LogP contribution in [0.4, 0.5) is 30.2 Å². The molecule has 0 aliphatic carbocycles. The highest BCUT2D eigenvalue weighted by atomic mass is 32.2. The number of sulfone groups is 1. The topological polar surface area (TPSA) is 120 Å². The normalized spacial score (nSPS) is 12.2. The Bertz CT molecular complexity index is 1550. The molecule has 0 unspecified atom stereocenters. The zero-order chi connectivity index (χ0) is 26.1. The molecule has 0 bridgehead atoms. The molecule has 0 N–H and O–H groups in total. The Labute approximate surface area is 202 Å². The van der Waals surface area contributed by atoms with Crippen molar-refractivity contribution in [3.8, 4) is 16.9 Å². The maximum Gasteiger partial charge on any atom is 0.435 e. The van der Waals surface area contributed by atoms with E-state index in [0.29, 0.717) is 10.2 Å². The van der Waals surface area contributed by atoms with Crippen molar-refractivity contribution in [2.24, 2.45) is 10.2 Å². The van der Waals surface area contributed by atoms with E-state index in [1.165, 1.54) is 24.3 Å². The van der Waals surface area contributed by atoms with Crippen molar-refractivity contribution < 1.29 is 26.5 Å². The number of nitro benzene ring substituents is 1. The molecule has 9 nitrogen and oxygen atoms in total. The van der Waals surface area contributed by atoms with Gasteiger partial charge in [0.1, 0.15) is 11.4 Å². The van der Waals surface area contributed by atoms with Gasteiger partial charge in [-0.1, -0.05) is 30.3 Å². The Morgan fingerprint density at radius 2 is 1.53 bits per heavy atom. The standard InChI is InChI=1S/C23H16F3N5O4S/c1-36(34,35)19-13-7-16(8-14-19)27-28-21-20(15-5-3-2-4-6-15)29-30(22(21)23(24,25)26)17-9-11-18(12-10-17)31(32)33/h2-14H,1H3. The van der Waals surface area contributed by atoms with Crippen LogP contribution in [0.3, 0.4) is 0 Å². The van der Waals surface area contributed by atoms with Crippen molar-refractivity contribution in [3.05, 3.63) is 94.7 Å². The summed E-state index contributed by atoms with van der Waals surface area (Å²) in [7, 11) is -3.47. The molecular formula is C23H16F3N5O4S. The summed E-state index contributed by atoms with van der Waals surface area (Å²) in [6.07, 6.45) is -3.89. The molecule has 1 aromatic heterocycles. The van der Waals surface area contributed by atoms with Gasteiger partial charge in [-0.15, -0.1) is 5.11 Å². The van der Waals surface area contributed by atoms with Crippen LogP contribution < -0.4 is 0 Å². The van der Waals surface area contributed by atoms with Crippen LogP contribution in [0.15, 0.2) is 94.0 Å². The predicted octanol–water partition coefficient (Wildman–Crippen LogP) is 6.29. The van der Waals surface area contributed by atoms with Crippen LogP contribution in [0.1, 0.15) is 5.69 Å². The van der Waals surface area contributed by atoms with E-state index in [2.05, 4.69) is 15.3 Å². The number of halogens is 3. The number of azo groups is 1. The summed E-state index contributed by atoms with van der Waals surface area (Å²) in [6, 6.07) is 17.7. The van der Waals surface area contributed by atoms with Crippen LogP contribution in [0.25, 0.3) is 16.9 Å². The molecular weight excluding hydrogens is 499 g/mol. The van der Waals surface area contributed by atoms with E-state index in [1.807, 2.05) is 0 Å². The van der Waals surface area contributed by atoms with Gasteiger partial charge in [0, 0.05) is 24.0 Å². The lowest BCUT2D eigenvalue weighted by Gasteiger charge is -2.10. The Morgan fingerprint density at radius 3 is 2.06 bits per heavy atom. The summed E-state index contributed by atoms with van der Waals surface area (Å²) in [5.41, 5.74) is -1.81. The van der Waals surface area contributed by atoms with Crippen molar-refractivity contribution in [1.29, 1.82) is 0 Å². The summed E-state index contributed by atoms with van der Waals surface area (Å²) in [5, 5.41) is 22.9. The van der Waals surface area contributed by atoms with Gasteiger partial charge in [-0.25, -0.2) is 13.1 Å². The van der Waals surface area contributed by atoms with Crippen molar-refractivity contribution in [2.75, 3.05) is 6.26 Å². The van der Waals surface area contributed by atoms with Gasteiger partial charge in [0.2, 0.25) is 0 Å². The first-order chi connectivity index (χ1) is 16.9. The third-order valence-electron chi connectivity index (χ3n) is 5.01. The molecule has 0 radical (unpaired) electrons. The van der Waals surface area contributed by atoms with Crippen molar-refractivity contribution in [1.82, 2.24) is 9.78 Å². The van der Waals surface area contributed by atoms with E-state index in [4.69, 9.17) is 0 Å². The minimum Gasteiger partial charge on any atom is -0.258 e. The quantitative estimate of drug-likeness (QED) is 0.170. The molecule has 0 atom stereocenters. The molecule has 1 heterocycles. The number of non-ortho nitro benzene ring substituents is 1. The SMILES string of the molecule is CS(=O)(=O)c1ccc(N=Nc2c(-c3ccccc3)nn(-c3ccc([N+](=O)[O-])cc3)c2C(F)(F)F)cc1. The second-order valence-corrected chi connectivity index (χ2v) is 9.58. The average Bonchev–Trinajstić information content (AvgIpc) is 3.23. The Hall–Kier alpha value is -4.39. The summed E-state index contributed by atoms with van der Waals surface area (Å²) >= 11 is 0. The molecule has 4 rings (SSSR count). The zero-order valence-electron chi connectivity index (χ0n) is 18.4. The van der Waals surface area contributed by atoms with Crippen LogP contribution >= 0.6 is 0 Å². The van der Waals surface area contributed by atoms with E-state index in [9.17, 15) is 31.7 Å². The summed E-state index contributed by atoms with van der Waals surface area (Å²) in [6.45, 7) is 0. The fourth-order valence-electron chi connectivity index (χ4n) is 3.32. The molecule has 0 fully saturated rings.